The first-order valence-corrected chi connectivity index (χ1v) is 7.56. The Balaban J connectivity index is 0. The van der Waals surface area contributed by atoms with Gasteiger partial charge >= 0.3 is 11.9 Å². The van der Waals surface area contributed by atoms with Crippen LogP contribution in [0.3, 0.4) is 0 Å². The fourth-order valence-corrected chi connectivity index (χ4v) is 1.48. The van der Waals surface area contributed by atoms with Gasteiger partial charge in [-0.2, -0.15) is 0 Å². The standard InChI is InChI=1S/C15H28O6.Ti/c1-5-8-18-12-15(19-9-6-2,20-10-7-3)21-14(17)11-13(4)16;/h5-12H2,1-4H3;. The number of carbonyl (C=O) groups excluding carboxylic acids is 2. The third-order valence-electron chi connectivity index (χ3n) is 2.34. The van der Waals surface area contributed by atoms with Gasteiger partial charge in [-0.05, 0) is 26.2 Å². The van der Waals surface area contributed by atoms with Crippen LogP contribution < -0.4 is 0 Å². The number of hydrogen-bond acceptors (Lipinski definition) is 6. The molecule has 0 aliphatic rings. The predicted octanol–water partition coefficient (Wildman–Crippen LogP) is 2.44. The summed E-state index contributed by atoms with van der Waals surface area (Å²) in [6, 6.07) is 0. The van der Waals surface area contributed by atoms with Crippen molar-refractivity contribution in [2.45, 2.75) is 59.4 Å². The average molecular weight is 352 g/mol. The largest absolute Gasteiger partial charge is 0.405 e. The Morgan fingerprint density at radius 1 is 0.909 bits per heavy atom. The van der Waals surface area contributed by atoms with Gasteiger partial charge in [-0.25, -0.2) is 0 Å². The van der Waals surface area contributed by atoms with Crippen LogP contribution in [0.2, 0.25) is 0 Å². The summed E-state index contributed by atoms with van der Waals surface area (Å²) in [6.45, 7) is 8.42. The van der Waals surface area contributed by atoms with Crippen LogP contribution in [0.25, 0.3) is 0 Å². The van der Waals surface area contributed by atoms with Gasteiger partial charge in [-0.1, -0.05) is 20.8 Å². The average Bonchev–Trinajstić information content (AvgIpc) is 2.42. The molecule has 0 unspecified atom stereocenters. The molecule has 7 heteroatoms. The zero-order valence-electron chi connectivity index (χ0n) is 14.1. The molecule has 0 radical (unpaired) electrons. The van der Waals surface area contributed by atoms with E-state index in [-0.39, 0.29) is 40.5 Å². The number of hydrogen-bond donors (Lipinski definition) is 0. The van der Waals surface area contributed by atoms with E-state index in [9.17, 15) is 9.59 Å². The number of ketones is 1. The molecule has 0 aromatic rings. The maximum absolute atomic E-state index is 11.8. The summed E-state index contributed by atoms with van der Waals surface area (Å²) in [5, 5.41) is 0. The van der Waals surface area contributed by atoms with Crippen molar-refractivity contribution in [3.05, 3.63) is 0 Å². The van der Waals surface area contributed by atoms with Crippen LogP contribution in [-0.4, -0.2) is 44.2 Å². The molecule has 0 aliphatic carbocycles. The minimum absolute atomic E-state index is 0. The Bertz CT molecular complexity index is 300. The van der Waals surface area contributed by atoms with E-state index in [1.807, 2.05) is 20.8 Å². The SMILES string of the molecule is CCCOCC(OCCC)(OCCC)OC(=O)CC(C)=O.[Ti]. The molecule has 0 aliphatic heterocycles. The van der Waals surface area contributed by atoms with Crippen LogP contribution >= 0.6 is 0 Å². The predicted molar refractivity (Wildman–Crippen MR) is 77.7 cm³/mol. The second-order valence-electron chi connectivity index (χ2n) is 4.79. The molecule has 0 spiro atoms. The van der Waals surface area contributed by atoms with Gasteiger partial charge in [-0.3, -0.25) is 9.59 Å². The Labute approximate surface area is 148 Å². The first-order valence-electron chi connectivity index (χ1n) is 7.56. The molecule has 0 aromatic heterocycles. The Hall–Kier alpha value is -0.266. The first kappa shape index (κ1) is 24.0. The van der Waals surface area contributed by atoms with Crippen molar-refractivity contribution in [3.63, 3.8) is 0 Å². The molecule has 6 nitrogen and oxygen atoms in total. The van der Waals surface area contributed by atoms with Crippen molar-refractivity contribution in [2.75, 3.05) is 26.4 Å². The minimum Gasteiger partial charge on any atom is -0.405 e. The molecule has 0 fully saturated rings. The van der Waals surface area contributed by atoms with E-state index in [1.54, 1.807) is 0 Å². The molecule has 0 bridgehead atoms. The summed E-state index contributed by atoms with van der Waals surface area (Å²) >= 11 is 0. The van der Waals surface area contributed by atoms with E-state index in [0.717, 1.165) is 19.3 Å². The fourth-order valence-electron chi connectivity index (χ4n) is 1.48. The van der Waals surface area contributed by atoms with E-state index in [0.29, 0.717) is 19.8 Å². The van der Waals surface area contributed by atoms with Gasteiger partial charge in [0.1, 0.15) is 18.8 Å². The van der Waals surface area contributed by atoms with Gasteiger partial charge in [0.15, 0.2) is 0 Å². The van der Waals surface area contributed by atoms with Crippen LogP contribution in [0.15, 0.2) is 0 Å². The van der Waals surface area contributed by atoms with Crippen LogP contribution in [0.5, 0.6) is 0 Å². The monoisotopic (exact) mass is 352 g/mol. The van der Waals surface area contributed by atoms with E-state index in [1.165, 1.54) is 6.92 Å². The molecule has 0 aromatic carbocycles. The smallest absolute Gasteiger partial charge is 0.354 e. The summed E-state index contributed by atoms with van der Waals surface area (Å²) in [4.78, 5) is 22.8. The normalized spacial score (nSPS) is 10.9. The van der Waals surface area contributed by atoms with E-state index in [2.05, 4.69) is 0 Å². The van der Waals surface area contributed by atoms with Gasteiger partial charge in [0.25, 0.3) is 0 Å². The molecule has 0 heterocycles. The van der Waals surface area contributed by atoms with Crippen LogP contribution in [0, 0.1) is 0 Å². The minimum atomic E-state index is -1.56. The van der Waals surface area contributed by atoms with Gasteiger partial charge in [0, 0.05) is 28.3 Å². The van der Waals surface area contributed by atoms with E-state index < -0.39 is 11.9 Å². The van der Waals surface area contributed by atoms with Gasteiger partial charge in [-0.15, -0.1) is 0 Å². The first-order chi connectivity index (χ1) is 9.99. The van der Waals surface area contributed by atoms with Crippen LogP contribution in [-0.2, 0) is 50.3 Å². The summed E-state index contributed by atoms with van der Waals surface area (Å²) in [5.74, 6) is -2.50. The van der Waals surface area contributed by atoms with Crippen molar-refractivity contribution >= 4 is 11.8 Å². The number of rotatable bonds is 13. The van der Waals surface area contributed by atoms with E-state index >= 15 is 0 Å². The topological polar surface area (TPSA) is 71.1 Å². The van der Waals surface area contributed by atoms with Crippen LogP contribution in [0.4, 0.5) is 0 Å². The third kappa shape index (κ3) is 11.3. The number of Topliss-reactive ketones (excluding diaryl/α,β-unsaturated/α-hetero) is 1. The van der Waals surface area contributed by atoms with Gasteiger partial charge < -0.3 is 18.9 Å². The number of esters is 1. The fraction of sp³-hybridized carbons (Fsp3) is 0.867. The van der Waals surface area contributed by atoms with Crippen molar-refractivity contribution < 1.29 is 50.3 Å². The maximum Gasteiger partial charge on any atom is 0.354 e. The second kappa shape index (κ2) is 14.3. The molecule has 0 rings (SSSR count). The molecule has 0 amide bonds. The van der Waals surface area contributed by atoms with Crippen molar-refractivity contribution in [1.29, 1.82) is 0 Å². The Morgan fingerprint density at radius 3 is 1.82 bits per heavy atom. The molecule has 0 atom stereocenters. The molecule has 0 N–H and O–H groups in total. The molecule has 0 saturated carbocycles. The summed E-state index contributed by atoms with van der Waals surface area (Å²) in [5.41, 5.74) is 0. The zero-order valence-corrected chi connectivity index (χ0v) is 15.7. The molecular formula is C15H28O6Ti. The summed E-state index contributed by atoms with van der Waals surface area (Å²) in [7, 11) is 0. The maximum atomic E-state index is 11.8. The van der Waals surface area contributed by atoms with Crippen LogP contribution in [0.1, 0.15) is 53.4 Å². The second-order valence-corrected chi connectivity index (χ2v) is 4.79. The molecule has 128 valence electrons. The van der Waals surface area contributed by atoms with E-state index in [4.69, 9.17) is 18.9 Å². The van der Waals surface area contributed by atoms with Crippen molar-refractivity contribution in [1.82, 2.24) is 0 Å². The number of carbonyl (C=O) groups is 2. The molecule has 0 saturated heterocycles. The van der Waals surface area contributed by atoms with Gasteiger partial charge in [0.2, 0.25) is 0 Å². The molecular weight excluding hydrogens is 324 g/mol. The Kier molecular flexibility index (Phi) is 15.6. The van der Waals surface area contributed by atoms with Crippen molar-refractivity contribution in [2.24, 2.45) is 0 Å². The quantitative estimate of drug-likeness (QED) is 0.167. The van der Waals surface area contributed by atoms with Gasteiger partial charge in [0.05, 0.1) is 13.2 Å². The number of ether oxygens (including phenoxy) is 4. The third-order valence-corrected chi connectivity index (χ3v) is 2.34. The Morgan fingerprint density at radius 2 is 1.41 bits per heavy atom. The molecule has 22 heavy (non-hydrogen) atoms. The van der Waals surface area contributed by atoms with Crippen molar-refractivity contribution in [3.8, 4) is 0 Å². The summed E-state index contributed by atoms with van der Waals surface area (Å²) < 4.78 is 21.9. The zero-order chi connectivity index (χ0) is 16.1. The summed E-state index contributed by atoms with van der Waals surface area (Å²) in [6.07, 6.45) is 2.02.